The lowest BCUT2D eigenvalue weighted by Crippen LogP contribution is -2.15. The number of nitrogens with one attached hydrogen (secondary N) is 2. The Bertz CT molecular complexity index is 1190. The van der Waals surface area contributed by atoms with Gasteiger partial charge in [0.25, 0.3) is 0 Å². The van der Waals surface area contributed by atoms with Crippen molar-refractivity contribution in [3.63, 3.8) is 0 Å². The van der Waals surface area contributed by atoms with Crippen LogP contribution in [0, 0.1) is 17.3 Å². The number of rotatable bonds is 9. The predicted octanol–water partition coefficient (Wildman–Crippen LogP) is 4.61. The highest BCUT2D eigenvalue weighted by Crippen LogP contribution is 2.30. The van der Waals surface area contributed by atoms with Gasteiger partial charge in [-0.2, -0.15) is 0 Å². The molecule has 0 saturated carbocycles. The zero-order chi connectivity index (χ0) is 24.3. The van der Waals surface area contributed by atoms with E-state index >= 15 is 0 Å². The molecule has 0 radical (unpaired) electrons. The molecule has 3 rings (SSSR count). The summed E-state index contributed by atoms with van der Waals surface area (Å²) in [6.07, 6.45) is 9.37. The molecule has 34 heavy (non-hydrogen) atoms. The number of nitrogens with two attached hydrogens (primary N) is 1. The molecule has 0 spiro atoms. The summed E-state index contributed by atoms with van der Waals surface area (Å²) in [5.41, 5.74) is 9.30. The van der Waals surface area contributed by atoms with E-state index in [1.54, 1.807) is 37.8 Å². The van der Waals surface area contributed by atoms with Crippen molar-refractivity contribution in [1.29, 1.82) is 5.41 Å². The minimum absolute atomic E-state index is 0.0996. The summed E-state index contributed by atoms with van der Waals surface area (Å²) in [5.74, 6) is 7.78. The van der Waals surface area contributed by atoms with E-state index < -0.39 is 0 Å². The summed E-state index contributed by atoms with van der Waals surface area (Å²) in [6.45, 7) is 4.12. The van der Waals surface area contributed by atoms with Gasteiger partial charge in [0.2, 0.25) is 0 Å². The third-order valence-corrected chi connectivity index (χ3v) is 5.05. The number of unbranched alkanes of at least 4 members (excludes halogenated alkanes) is 1. The van der Waals surface area contributed by atoms with Crippen LogP contribution in [0.5, 0.6) is 5.75 Å². The second kappa shape index (κ2) is 12.3. The quantitative estimate of drug-likeness (QED) is 0.247. The first kappa shape index (κ1) is 24.6. The average Bonchev–Trinajstić information content (AvgIpc) is 2.88. The molecule has 0 saturated heterocycles. The van der Waals surface area contributed by atoms with Crippen LogP contribution in [0.3, 0.4) is 0 Å². The van der Waals surface area contributed by atoms with Crippen LogP contribution in [0.15, 0.2) is 66.9 Å². The van der Waals surface area contributed by atoms with E-state index in [1.807, 2.05) is 37.3 Å². The molecule has 2 heterocycles. The summed E-state index contributed by atoms with van der Waals surface area (Å²) in [4.78, 5) is 13.3. The summed E-state index contributed by atoms with van der Waals surface area (Å²) in [7, 11) is 1.74. The Morgan fingerprint density at radius 2 is 1.97 bits per heavy atom. The van der Waals surface area contributed by atoms with Crippen molar-refractivity contribution in [2.24, 2.45) is 5.73 Å². The summed E-state index contributed by atoms with van der Waals surface area (Å²) >= 11 is 0. The fraction of sp³-hybridized carbons (Fsp3) is 0.259. The predicted molar refractivity (Wildman–Crippen MR) is 135 cm³/mol. The summed E-state index contributed by atoms with van der Waals surface area (Å²) in [6, 6.07) is 11.0. The second-order valence-corrected chi connectivity index (χ2v) is 7.61. The minimum atomic E-state index is -0.0996. The van der Waals surface area contributed by atoms with Crippen LogP contribution in [-0.2, 0) is 0 Å². The minimum Gasteiger partial charge on any atom is -0.441 e. The molecule has 1 atom stereocenters. The van der Waals surface area contributed by atoms with Gasteiger partial charge in [-0.05, 0) is 43.2 Å². The fourth-order valence-corrected chi connectivity index (χ4v) is 3.06. The molecule has 0 fully saturated rings. The second-order valence-electron chi connectivity index (χ2n) is 7.61. The highest BCUT2D eigenvalue weighted by Gasteiger charge is 2.14. The molecule has 0 amide bonds. The van der Waals surface area contributed by atoms with Gasteiger partial charge in [-0.3, -0.25) is 10.4 Å². The van der Waals surface area contributed by atoms with Gasteiger partial charge < -0.3 is 15.8 Å². The standard InChI is InChI=1S/C27H30N6O/c1-4-6-7-10-19-12-13-21(27-32-17-20(18-33-27)22(28)5-2)25(15-19)34-26(30-3)16-23(29)24-11-8-9-14-31-24/h8-9,11-18,22,29-30H,4-6,28H2,1-3H3/b26-16+,29-23?. The van der Waals surface area contributed by atoms with E-state index in [-0.39, 0.29) is 11.8 Å². The highest BCUT2D eigenvalue weighted by molar-refractivity contribution is 6.05. The first-order valence-electron chi connectivity index (χ1n) is 11.3. The van der Waals surface area contributed by atoms with Crippen molar-refractivity contribution >= 4 is 5.71 Å². The van der Waals surface area contributed by atoms with Crippen LogP contribution in [0.4, 0.5) is 0 Å². The van der Waals surface area contributed by atoms with Gasteiger partial charge in [-0.25, -0.2) is 9.97 Å². The number of ether oxygens (including phenoxy) is 1. The first-order chi connectivity index (χ1) is 16.5. The fourth-order valence-electron chi connectivity index (χ4n) is 3.06. The van der Waals surface area contributed by atoms with Crippen molar-refractivity contribution in [2.45, 2.75) is 39.2 Å². The molecule has 7 heteroatoms. The molecular formula is C27H30N6O. The molecule has 1 unspecified atom stereocenters. The number of allylic oxidation sites excluding steroid dienone is 1. The highest BCUT2D eigenvalue weighted by atomic mass is 16.5. The number of hydrogen-bond acceptors (Lipinski definition) is 7. The molecule has 7 nitrogen and oxygen atoms in total. The number of benzene rings is 1. The molecule has 0 aliphatic carbocycles. The van der Waals surface area contributed by atoms with E-state index in [0.29, 0.717) is 28.7 Å². The van der Waals surface area contributed by atoms with E-state index in [0.717, 1.165) is 30.4 Å². The van der Waals surface area contributed by atoms with Gasteiger partial charge in [-0.1, -0.05) is 31.8 Å². The lowest BCUT2D eigenvalue weighted by Gasteiger charge is -2.14. The van der Waals surface area contributed by atoms with E-state index in [1.165, 1.54) is 0 Å². The van der Waals surface area contributed by atoms with Crippen molar-refractivity contribution in [3.8, 4) is 29.0 Å². The van der Waals surface area contributed by atoms with Crippen LogP contribution in [0.2, 0.25) is 0 Å². The molecule has 1 aromatic carbocycles. The van der Waals surface area contributed by atoms with Gasteiger partial charge in [0.1, 0.15) is 5.75 Å². The SMILES string of the molecule is CCCC#Cc1ccc(-c2ncc(C(N)CC)cn2)c(O/C(=C/C(=N)c2ccccn2)NC)c1. The number of pyridine rings is 1. The molecular weight excluding hydrogens is 424 g/mol. The van der Waals surface area contributed by atoms with Crippen molar-refractivity contribution in [1.82, 2.24) is 20.3 Å². The Hall–Kier alpha value is -4.02. The Morgan fingerprint density at radius 3 is 2.62 bits per heavy atom. The third-order valence-electron chi connectivity index (χ3n) is 5.05. The number of aromatic nitrogens is 3. The van der Waals surface area contributed by atoms with Gasteiger partial charge in [0.05, 0.1) is 17.0 Å². The monoisotopic (exact) mass is 454 g/mol. The molecule has 0 aliphatic heterocycles. The normalized spacial score (nSPS) is 11.8. The average molecular weight is 455 g/mol. The smallest absolute Gasteiger partial charge is 0.195 e. The molecule has 2 aromatic heterocycles. The molecule has 0 bridgehead atoms. The van der Waals surface area contributed by atoms with E-state index in [9.17, 15) is 0 Å². The summed E-state index contributed by atoms with van der Waals surface area (Å²) in [5, 5.41) is 11.4. The number of hydrogen-bond donors (Lipinski definition) is 3. The molecule has 4 N–H and O–H groups in total. The lowest BCUT2D eigenvalue weighted by molar-refractivity contribution is 0.394. The Morgan fingerprint density at radius 1 is 1.18 bits per heavy atom. The van der Waals surface area contributed by atoms with Gasteiger partial charge in [-0.15, -0.1) is 0 Å². The Balaban J connectivity index is 1.98. The first-order valence-corrected chi connectivity index (χ1v) is 11.3. The largest absolute Gasteiger partial charge is 0.441 e. The van der Waals surface area contributed by atoms with Crippen LogP contribution < -0.4 is 15.8 Å². The molecule has 0 aliphatic rings. The molecule has 174 valence electrons. The van der Waals surface area contributed by atoms with E-state index in [2.05, 4.69) is 39.0 Å². The third kappa shape index (κ3) is 6.50. The van der Waals surface area contributed by atoms with Crippen molar-refractivity contribution < 1.29 is 4.74 Å². The maximum absolute atomic E-state index is 8.37. The zero-order valence-corrected chi connectivity index (χ0v) is 19.8. The van der Waals surface area contributed by atoms with Gasteiger partial charge >= 0.3 is 0 Å². The van der Waals surface area contributed by atoms with Crippen LogP contribution in [0.1, 0.15) is 56.0 Å². The number of nitrogens with zero attached hydrogens (tertiary/aromatic N) is 3. The van der Waals surface area contributed by atoms with Crippen LogP contribution in [-0.4, -0.2) is 27.7 Å². The molecule has 3 aromatic rings. The van der Waals surface area contributed by atoms with Crippen LogP contribution >= 0.6 is 0 Å². The van der Waals surface area contributed by atoms with E-state index in [4.69, 9.17) is 15.9 Å². The van der Waals surface area contributed by atoms with Gasteiger partial charge in [0, 0.05) is 55.3 Å². The van der Waals surface area contributed by atoms with Crippen molar-refractivity contribution in [3.05, 3.63) is 83.8 Å². The Labute approximate surface area is 201 Å². The maximum atomic E-state index is 8.37. The topological polar surface area (TPSA) is 110 Å². The van der Waals surface area contributed by atoms with Gasteiger partial charge in [0.15, 0.2) is 11.7 Å². The van der Waals surface area contributed by atoms with Crippen LogP contribution in [0.25, 0.3) is 11.4 Å². The maximum Gasteiger partial charge on any atom is 0.195 e. The summed E-state index contributed by atoms with van der Waals surface area (Å²) < 4.78 is 6.20. The zero-order valence-electron chi connectivity index (χ0n) is 19.8. The Kier molecular flexibility index (Phi) is 8.89. The van der Waals surface area contributed by atoms with Crippen molar-refractivity contribution in [2.75, 3.05) is 7.05 Å². The lowest BCUT2D eigenvalue weighted by atomic mass is 10.1.